The molecule has 1 aliphatic rings. The van der Waals surface area contributed by atoms with Crippen LogP contribution in [-0.2, 0) is 5.54 Å². The van der Waals surface area contributed by atoms with E-state index in [0.717, 1.165) is 6.42 Å². The molecule has 1 heteroatoms. The SMILES string of the molecule is Cc1ccc(C2(N)CCCC2(C)C)cc1. The molecule has 0 radical (unpaired) electrons. The van der Waals surface area contributed by atoms with Gasteiger partial charge in [0.25, 0.3) is 0 Å². The van der Waals surface area contributed by atoms with Crippen molar-refractivity contribution in [3.05, 3.63) is 35.4 Å². The fourth-order valence-electron chi connectivity index (χ4n) is 2.76. The zero-order chi connectivity index (χ0) is 11.1. The summed E-state index contributed by atoms with van der Waals surface area (Å²) in [6.07, 6.45) is 3.60. The summed E-state index contributed by atoms with van der Waals surface area (Å²) in [7, 11) is 0. The highest BCUT2D eigenvalue weighted by Gasteiger charge is 2.46. The Hall–Kier alpha value is -0.820. The smallest absolute Gasteiger partial charge is 0.0461 e. The van der Waals surface area contributed by atoms with Gasteiger partial charge in [-0.1, -0.05) is 50.1 Å². The molecule has 2 rings (SSSR count). The maximum absolute atomic E-state index is 6.61. The third-order valence-corrected chi connectivity index (χ3v) is 4.15. The Morgan fingerprint density at radius 3 is 2.13 bits per heavy atom. The van der Waals surface area contributed by atoms with Crippen molar-refractivity contribution in [2.45, 2.75) is 45.6 Å². The molecule has 1 fully saturated rings. The summed E-state index contributed by atoms with van der Waals surface area (Å²) in [5, 5.41) is 0. The molecule has 1 aromatic carbocycles. The first kappa shape index (κ1) is 10.7. The quantitative estimate of drug-likeness (QED) is 0.744. The predicted octanol–water partition coefficient (Wildman–Crippen LogP) is 3.36. The number of nitrogens with two attached hydrogens (primary N) is 1. The number of rotatable bonds is 1. The van der Waals surface area contributed by atoms with E-state index < -0.39 is 0 Å². The molecule has 0 spiro atoms. The Balaban J connectivity index is 2.41. The average molecular weight is 203 g/mol. The summed E-state index contributed by atoms with van der Waals surface area (Å²) in [6.45, 7) is 6.70. The van der Waals surface area contributed by atoms with Crippen molar-refractivity contribution in [2.75, 3.05) is 0 Å². The second-order valence-electron chi connectivity index (χ2n) is 5.57. The minimum absolute atomic E-state index is 0.124. The third kappa shape index (κ3) is 1.59. The molecule has 0 amide bonds. The van der Waals surface area contributed by atoms with E-state index in [2.05, 4.69) is 45.0 Å². The summed E-state index contributed by atoms with van der Waals surface area (Å²) in [5.74, 6) is 0. The molecule has 1 aliphatic carbocycles. The van der Waals surface area contributed by atoms with Crippen LogP contribution >= 0.6 is 0 Å². The van der Waals surface area contributed by atoms with Gasteiger partial charge in [0.1, 0.15) is 0 Å². The molecular weight excluding hydrogens is 182 g/mol. The van der Waals surface area contributed by atoms with E-state index in [4.69, 9.17) is 5.73 Å². The van der Waals surface area contributed by atoms with Crippen LogP contribution < -0.4 is 5.73 Å². The Labute approximate surface area is 92.7 Å². The molecule has 0 aliphatic heterocycles. The zero-order valence-corrected chi connectivity index (χ0v) is 10.0. The Morgan fingerprint density at radius 2 is 1.67 bits per heavy atom. The summed E-state index contributed by atoms with van der Waals surface area (Å²) in [6, 6.07) is 8.72. The van der Waals surface area contributed by atoms with Crippen molar-refractivity contribution < 1.29 is 0 Å². The molecule has 1 atom stereocenters. The number of hydrogen-bond acceptors (Lipinski definition) is 1. The first-order valence-electron chi connectivity index (χ1n) is 5.82. The second-order valence-corrected chi connectivity index (χ2v) is 5.57. The first-order valence-corrected chi connectivity index (χ1v) is 5.82. The molecule has 1 aromatic rings. The maximum Gasteiger partial charge on any atom is 0.0461 e. The molecule has 0 heterocycles. The van der Waals surface area contributed by atoms with Crippen LogP contribution in [0.25, 0.3) is 0 Å². The molecule has 2 N–H and O–H groups in total. The standard InChI is InChI=1S/C14H21N/c1-11-5-7-12(8-6-11)14(15)10-4-9-13(14,2)3/h5-8H,4,9-10,15H2,1-3H3. The van der Waals surface area contributed by atoms with E-state index >= 15 is 0 Å². The van der Waals surface area contributed by atoms with Crippen molar-refractivity contribution >= 4 is 0 Å². The van der Waals surface area contributed by atoms with Gasteiger partial charge in [-0.05, 0) is 30.7 Å². The van der Waals surface area contributed by atoms with Crippen molar-refractivity contribution in [3.8, 4) is 0 Å². The molecule has 0 aromatic heterocycles. The van der Waals surface area contributed by atoms with Crippen molar-refractivity contribution in [1.82, 2.24) is 0 Å². The van der Waals surface area contributed by atoms with Gasteiger partial charge >= 0.3 is 0 Å². The average Bonchev–Trinajstić information content (AvgIpc) is 2.43. The number of aryl methyl sites for hydroxylation is 1. The highest BCUT2D eigenvalue weighted by molar-refractivity contribution is 5.31. The van der Waals surface area contributed by atoms with Gasteiger partial charge < -0.3 is 5.73 Å². The van der Waals surface area contributed by atoms with Crippen LogP contribution in [0, 0.1) is 12.3 Å². The van der Waals surface area contributed by atoms with Gasteiger partial charge in [0.05, 0.1) is 0 Å². The number of hydrogen-bond donors (Lipinski definition) is 1. The van der Waals surface area contributed by atoms with E-state index in [-0.39, 0.29) is 11.0 Å². The molecule has 0 saturated heterocycles. The van der Waals surface area contributed by atoms with Gasteiger partial charge in [-0.25, -0.2) is 0 Å². The minimum atomic E-state index is -0.124. The van der Waals surface area contributed by atoms with Gasteiger partial charge in [0.2, 0.25) is 0 Å². The van der Waals surface area contributed by atoms with Crippen LogP contribution in [0.3, 0.4) is 0 Å². The molecular formula is C14H21N. The van der Waals surface area contributed by atoms with Crippen LogP contribution in [-0.4, -0.2) is 0 Å². The van der Waals surface area contributed by atoms with E-state index in [1.165, 1.54) is 24.0 Å². The van der Waals surface area contributed by atoms with Crippen molar-refractivity contribution in [2.24, 2.45) is 11.1 Å². The molecule has 1 unspecified atom stereocenters. The molecule has 0 bridgehead atoms. The second kappa shape index (κ2) is 3.34. The molecule has 82 valence electrons. The third-order valence-electron chi connectivity index (χ3n) is 4.15. The molecule has 1 nitrogen and oxygen atoms in total. The first-order chi connectivity index (χ1) is 6.96. The van der Waals surface area contributed by atoms with Gasteiger partial charge in [0, 0.05) is 5.54 Å². The maximum atomic E-state index is 6.61. The van der Waals surface area contributed by atoms with Crippen LogP contribution in [0.15, 0.2) is 24.3 Å². The van der Waals surface area contributed by atoms with E-state index in [0.29, 0.717) is 0 Å². The monoisotopic (exact) mass is 203 g/mol. The van der Waals surface area contributed by atoms with E-state index in [1.807, 2.05) is 0 Å². The van der Waals surface area contributed by atoms with Crippen LogP contribution in [0.2, 0.25) is 0 Å². The van der Waals surface area contributed by atoms with Gasteiger partial charge in [-0.2, -0.15) is 0 Å². The lowest BCUT2D eigenvalue weighted by molar-refractivity contribution is 0.210. The Kier molecular flexibility index (Phi) is 2.38. The van der Waals surface area contributed by atoms with E-state index in [9.17, 15) is 0 Å². The zero-order valence-electron chi connectivity index (χ0n) is 10.0. The summed E-state index contributed by atoms with van der Waals surface area (Å²) >= 11 is 0. The van der Waals surface area contributed by atoms with Gasteiger partial charge in [-0.3, -0.25) is 0 Å². The summed E-state index contributed by atoms with van der Waals surface area (Å²) < 4.78 is 0. The normalized spacial score (nSPS) is 29.3. The van der Waals surface area contributed by atoms with Gasteiger partial charge in [0.15, 0.2) is 0 Å². The lowest BCUT2D eigenvalue weighted by Gasteiger charge is -2.38. The van der Waals surface area contributed by atoms with Crippen LogP contribution in [0.1, 0.15) is 44.2 Å². The fraction of sp³-hybridized carbons (Fsp3) is 0.571. The topological polar surface area (TPSA) is 26.0 Å². The largest absolute Gasteiger partial charge is 0.321 e. The Bertz CT molecular complexity index is 350. The highest BCUT2D eigenvalue weighted by Crippen LogP contribution is 2.50. The highest BCUT2D eigenvalue weighted by atomic mass is 14.8. The van der Waals surface area contributed by atoms with Crippen LogP contribution in [0.5, 0.6) is 0 Å². The van der Waals surface area contributed by atoms with Gasteiger partial charge in [-0.15, -0.1) is 0 Å². The summed E-state index contributed by atoms with van der Waals surface area (Å²) in [5.41, 5.74) is 9.31. The van der Waals surface area contributed by atoms with Crippen molar-refractivity contribution in [1.29, 1.82) is 0 Å². The lowest BCUT2D eigenvalue weighted by Crippen LogP contribution is -2.45. The molecule has 1 saturated carbocycles. The predicted molar refractivity (Wildman–Crippen MR) is 64.7 cm³/mol. The van der Waals surface area contributed by atoms with E-state index in [1.54, 1.807) is 0 Å². The fourth-order valence-corrected chi connectivity index (χ4v) is 2.76. The lowest BCUT2D eigenvalue weighted by atomic mass is 9.71. The van der Waals surface area contributed by atoms with Crippen LogP contribution in [0.4, 0.5) is 0 Å². The molecule has 15 heavy (non-hydrogen) atoms. The minimum Gasteiger partial charge on any atom is -0.321 e. The number of benzene rings is 1. The summed E-state index contributed by atoms with van der Waals surface area (Å²) in [4.78, 5) is 0. The van der Waals surface area contributed by atoms with Crippen molar-refractivity contribution in [3.63, 3.8) is 0 Å². The Morgan fingerprint density at radius 1 is 1.07 bits per heavy atom.